The lowest BCUT2D eigenvalue weighted by Gasteiger charge is -1.99. The molecule has 0 amide bonds. The van der Waals surface area contributed by atoms with E-state index < -0.39 is 0 Å². The van der Waals surface area contributed by atoms with Crippen molar-refractivity contribution in [2.45, 2.75) is 0 Å². The van der Waals surface area contributed by atoms with Gasteiger partial charge in [-0.3, -0.25) is 0 Å². The summed E-state index contributed by atoms with van der Waals surface area (Å²) in [5.41, 5.74) is 29.4. The number of hydrogen-bond donors (Lipinski definition) is 0. The summed E-state index contributed by atoms with van der Waals surface area (Å²) in [6.07, 6.45) is 0. The second kappa shape index (κ2) is 24.2. The van der Waals surface area contributed by atoms with Crippen LogP contribution in [0.4, 0.5) is 0 Å². The lowest BCUT2D eigenvalue weighted by Crippen LogP contribution is -1.79. The van der Waals surface area contributed by atoms with Crippen molar-refractivity contribution in [2.75, 3.05) is 0 Å². The molecule has 0 unspecified atom stereocenters. The third-order valence-electron chi connectivity index (χ3n) is 29.2. The molecular formula is C120H60N4O8. The molecule has 20 aromatic carbocycles. The van der Waals surface area contributed by atoms with Gasteiger partial charge in [-0.25, -0.2) is 0 Å². The Morgan fingerprint density at radius 1 is 0.114 bits per heavy atom. The van der Waals surface area contributed by atoms with E-state index in [0.29, 0.717) is 0 Å². The summed E-state index contributed by atoms with van der Waals surface area (Å²) in [6.45, 7) is 0. The van der Waals surface area contributed by atoms with Crippen LogP contribution in [0, 0.1) is 0 Å². The molecule has 0 radical (unpaired) electrons. The summed E-state index contributed by atoms with van der Waals surface area (Å²) in [5.74, 6) is 0. The molecular weight excluding hydrogens is 1630 g/mol. The highest BCUT2D eigenvalue weighted by Crippen LogP contribution is 2.54. The SMILES string of the molecule is c1ccc2c(c1)oc1cc3c4c5c(cc6c7ccccc7n(c3cc12)c64)oc1ccccc15.c1ccc2c(c1)oc1cc3c4c5oc6ccccc6c5cc5c6ccccc6n(c3cc12)c54.c1ccc2c(c1)oc1cc3c4cc5c6ccccc6oc5c5c6ccccc6n(c3cc12)c45.c1ccc2c(c1)oc1cc3c4cc5oc6ccccc6c5c5c6ccccc6n(c3cc12)c45. The molecule has 0 spiro atoms. The molecule has 36 rings (SSSR count). The predicted molar refractivity (Wildman–Crippen MR) is 543 cm³/mol. The van der Waals surface area contributed by atoms with E-state index in [2.05, 4.69) is 309 Å². The van der Waals surface area contributed by atoms with Crippen molar-refractivity contribution in [3.05, 3.63) is 364 Å². The van der Waals surface area contributed by atoms with Gasteiger partial charge in [0, 0.05) is 162 Å². The van der Waals surface area contributed by atoms with Crippen molar-refractivity contribution in [1.29, 1.82) is 0 Å². The molecule has 132 heavy (non-hydrogen) atoms. The van der Waals surface area contributed by atoms with Gasteiger partial charge in [0.2, 0.25) is 0 Å². The normalized spacial score (nSPS) is 12.8. The molecule has 0 N–H and O–H groups in total. The van der Waals surface area contributed by atoms with Crippen LogP contribution in [-0.2, 0) is 0 Å². The molecule has 12 heteroatoms. The fraction of sp³-hybridized carbons (Fsp3) is 0. The highest BCUT2D eigenvalue weighted by molar-refractivity contribution is 6.40. The fourth-order valence-corrected chi connectivity index (χ4v) is 23.9. The lowest BCUT2D eigenvalue weighted by atomic mass is 10.0. The molecule has 16 heterocycles. The molecule has 0 fully saturated rings. The van der Waals surface area contributed by atoms with Crippen LogP contribution in [0.15, 0.2) is 399 Å². The minimum absolute atomic E-state index is 0.909. The Morgan fingerprint density at radius 3 is 0.712 bits per heavy atom. The van der Waals surface area contributed by atoms with Crippen LogP contribution < -0.4 is 0 Å². The number of para-hydroxylation sites is 12. The van der Waals surface area contributed by atoms with Crippen molar-refractivity contribution in [3.8, 4) is 0 Å². The van der Waals surface area contributed by atoms with E-state index in [1.807, 2.05) is 72.8 Å². The molecule has 0 aliphatic rings. The number of aromatic nitrogens is 4. The van der Waals surface area contributed by atoms with Crippen LogP contribution in [0.1, 0.15) is 0 Å². The van der Waals surface area contributed by atoms with E-state index in [1.54, 1.807) is 0 Å². The molecule has 0 atom stereocenters. The van der Waals surface area contributed by atoms with Crippen LogP contribution in [0.3, 0.4) is 0 Å². The third kappa shape index (κ3) is 8.54. The van der Waals surface area contributed by atoms with Gasteiger partial charge < -0.3 is 52.9 Å². The minimum Gasteiger partial charge on any atom is -0.456 e. The third-order valence-corrected chi connectivity index (χ3v) is 29.2. The summed E-state index contributed by atoms with van der Waals surface area (Å²) in [6, 6.07) is 128. The van der Waals surface area contributed by atoms with Crippen LogP contribution >= 0.6 is 0 Å². The summed E-state index contributed by atoms with van der Waals surface area (Å²) >= 11 is 0. The first-order valence-electron chi connectivity index (χ1n) is 44.8. The molecule has 0 saturated carbocycles. The first-order chi connectivity index (χ1) is 65.5. The molecule has 0 aliphatic heterocycles. The lowest BCUT2D eigenvalue weighted by molar-refractivity contribution is 0.669. The van der Waals surface area contributed by atoms with Crippen molar-refractivity contribution in [2.24, 2.45) is 0 Å². The second-order valence-corrected chi connectivity index (χ2v) is 35.7. The van der Waals surface area contributed by atoms with Gasteiger partial charge >= 0.3 is 0 Å². The molecule has 16 aromatic heterocycles. The average molecular weight is 1690 g/mol. The molecule has 608 valence electrons. The number of rotatable bonds is 0. The maximum absolute atomic E-state index is 6.50. The summed E-state index contributed by atoms with van der Waals surface area (Å²) in [5, 5.41) is 38.0. The van der Waals surface area contributed by atoms with Crippen LogP contribution in [0.25, 0.3) is 328 Å². The van der Waals surface area contributed by atoms with Crippen molar-refractivity contribution >= 4 is 328 Å². The Bertz CT molecular complexity index is 11500. The Kier molecular flexibility index (Phi) is 12.5. The molecule has 0 bridgehead atoms. The van der Waals surface area contributed by atoms with Crippen molar-refractivity contribution in [1.82, 2.24) is 17.6 Å². The first kappa shape index (κ1) is 68.3. The van der Waals surface area contributed by atoms with E-state index in [1.165, 1.54) is 152 Å². The zero-order valence-electron chi connectivity index (χ0n) is 69.7. The number of fused-ring (bicyclic) bond motifs is 52. The fourth-order valence-electron chi connectivity index (χ4n) is 23.9. The second-order valence-electron chi connectivity index (χ2n) is 35.7. The highest BCUT2D eigenvalue weighted by atomic mass is 16.4. The van der Waals surface area contributed by atoms with Gasteiger partial charge in [0.15, 0.2) is 0 Å². The largest absolute Gasteiger partial charge is 0.456 e. The van der Waals surface area contributed by atoms with E-state index >= 15 is 0 Å². The smallest absolute Gasteiger partial charge is 0.145 e. The standard InChI is InChI=1S/4C30H15NO2/c1-4-10-23-18(9-1)28-29-21(13-22-17-8-3-6-12-26(17)33-30(22)28)19-15-27-20(14-24(19)31(23)29)16-7-2-5-11-25(16)32-27;1-4-10-22-17(8-1)29-28-18-9-3-6-12-25(18)33-27(28)15-21-19-14-26-20(13-23(19)31(22)30(21)29)16-7-2-5-11-24(16)32-26;1-4-10-23-16(7-1)20-13-21-18-9-3-6-12-26(18)33-30(21)28-22-15-27-19(14-24(22)31(23)29(20)28)17-8-2-5-11-25(17)32-27;1-4-10-22-16(7-1)20-14-27-28(18-9-3-6-12-25(18)33-27)29-21-15-26-19(13-23(21)31(22)30(20)29)17-8-2-5-11-24(17)32-26/h4*1-15H. The molecule has 0 saturated heterocycles. The monoisotopic (exact) mass is 1680 g/mol. The zero-order valence-corrected chi connectivity index (χ0v) is 69.7. The number of furan rings is 8. The van der Waals surface area contributed by atoms with Crippen LogP contribution in [0.2, 0.25) is 0 Å². The average Bonchev–Trinajstić information content (AvgIpc) is 1.53. The maximum atomic E-state index is 6.50. The highest BCUT2D eigenvalue weighted by Gasteiger charge is 2.31. The summed E-state index contributed by atoms with van der Waals surface area (Å²) in [7, 11) is 0. The number of benzene rings is 20. The maximum Gasteiger partial charge on any atom is 0.145 e. The summed E-state index contributed by atoms with van der Waals surface area (Å²) in [4.78, 5) is 0. The van der Waals surface area contributed by atoms with Gasteiger partial charge in [-0.1, -0.05) is 218 Å². The van der Waals surface area contributed by atoms with Gasteiger partial charge in [0.05, 0.1) is 77.0 Å². The quantitative estimate of drug-likeness (QED) is 0.147. The Hall–Kier alpha value is -18.0. The molecule has 12 nitrogen and oxygen atoms in total. The van der Waals surface area contributed by atoms with E-state index in [0.717, 1.165) is 176 Å². The number of nitrogens with zero attached hydrogens (tertiary/aromatic N) is 4. The van der Waals surface area contributed by atoms with Gasteiger partial charge in [-0.05, 0) is 146 Å². The van der Waals surface area contributed by atoms with Crippen LogP contribution in [-0.4, -0.2) is 17.6 Å². The Labute approximate surface area is 739 Å². The number of hydrogen-bond acceptors (Lipinski definition) is 8. The van der Waals surface area contributed by atoms with E-state index in [4.69, 9.17) is 35.3 Å². The molecule has 36 aromatic rings. The zero-order chi connectivity index (χ0) is 85.0. The first-order valence-corrected chi connectivity index (χ1v) is 44.8. The topological polar surface area (TPSA) is 123 Å². The van der Waals surface area contributed by atoms with Crippen LogP contribution in [0.5, 0.6) is 0 Å². The van der Waals surface area contributed by atoms with Gasteiger partial charge in [0.25, 0.3) is 0 Å². The molecule has 0 aliphatic carbocycles. The van der Waals surface area contributed by atoms with Gasteiger partial charge in [0.1, 0.15) is 89.3 Å². The van der Waals surface area contributed by atoms with E-state index in [-0.39, 0.29) is 0 Å². The van der Waals surface area contributed by atoms with Crippen molar-refractivity contribution in [3.63, 3.8) is 0 Å². The van der Waals surface area contributed by atoms with Crippen molar-refractivity contribution < 1.29 is 35.3 Å². The minimum atomic E-state index is 0.909. The van der Waals surface area contributed by atoms with Gasteiger partial charge in [-0.15, -0.1) is 0 Å². The Morgan fingerprint density at radius 2 is 0.333 bits per heavy atom. The summed E-state index contributed by atoms with van der Waals surface area (Å²) < 4.78 is 60.4. The Balaban J connectivity index is 0.0000000799. The van der Waals surface area contributed by atoms with E-state index in [9.17, 15) is 0 Å². The predicted octanol–water partition coefficient (Wildman–Crippen LogP) is 34.5. The van der Waals surface area contributed by atoms with Gasteiger partial charge in [-0.2, -0.15) is 0 Å².